The first kappa shape index (κ1) is 13.4. The molecule has 0 aliphatic carbocycles. The van der Waals surface area contributed by atoms with E-state index in [1.807, 2.05) is 6.92 Å². The van der Waals surface area contributed by atoms with Gasteiger partial charge in [0.1, 0.15) is 0 Å². The van der Waals surface area contributed by atoms with Crippen LogP contribution in [0.4, 0.5) is 0 Å². The number of amidine groups is 1. The van der Waals surface area contributed by atoms with E-state index in [1.165, 1.54) is 6.42 Å². The number of nitrogens with one attached hydrogen (secondary N) is 1. The first-order valence-electron chi connectivity index (χ1n) is 6.36. The minimum absolute atomic E-state index is 0.569. The summed E-state index contributed by atoms with van der Waals surface area (Å²) in [4.78, 5) is 8.68. The van der Waals surface area contributed by atoms with Gasteiger partial charge in [-0.05, 0) is 19.3 Å². The van der Waals surface area contributed by atoms with Gasteiger partial charge >= 0.3 is 0 Å². The minimum atomic E-state index is 0.569. The van der Waals surface area contributed by atoms with Gasteiger partial charge in [-0.15, -0.1) is 0 Å². The molecule has 2 heterocycles. The molecule has 1 aliphatic rings. The first-order chi connectivity index (χ1) is 8.63. The Morgan fingerprint density at radius 3 is 3.06 bits per heavy atom. The van der Waals surface area contributed by atoms with Crippen molar-refractivity contribution < 1.29 is 4.52 Å². The molecule has 1 unspecified atom stereocenters. The van der Waals surface area contributed by atoms with Gasteiger partial charge in [0.2, 0.25) is 5.89 Å². The zero-order valence-electron chi connectivity index (χ0n) is 11.1. The average Bonchev–Trinajstić information content (AvgIpc) is 2.88. The average molecular weight is 268 g/mol. The second-order valence-electron chi connectivity index (χ2n) is 4.95. The van der Waals surface area contributed by atoms with Crippen LogP contribution in [0, 0.1) is 12.8 Å². The maximum absolute atomic E-state index is 5.05. The van der Waals surface area contributed by atoms with Gasteiger partial charge in [-0.25, -0.2) is 0 Å². The molecule has 2 rings (SSSR count). The van der Waals surface area contributed by atoms with Gasteiger partial charge in [-0.2, -0.15) is 4.98 Å². The van der Waals surface area contributed by atoms with E-state index in [2.05, 4.69) is 34.3 Å². The number of aromatic nitrogens is 2. The molecule has 0 amide bonds. The number of aryl methyl sites for hydroxylation is 1. The SMILES string of the molecule is Cc1noc(CCN=C2NC(CC(C)C)CS2)n1. The molecule has 0 radical (unpaired) electrons. The highest BCUT2D eigenvalue weighted by Crippen LogP contribution is 2.18. The Kier molecular flexibility index (Phi) is 4.63. The van der Waals surface area contributed by atoms with Crippen molar-refractivity contribution >= 4 is 16.9 Å². The number of aliphatic imine (C=N–C) groups is 1. The lowest BCUT2D eigenvalue weighted by atomic mass is 10.1. The summed E-state index contributed by atoms with van der Waals surface area (Å²) in [5, 5.41) is 8.27. The number of hydrogen-bond donors (Lipinski definition) is 1. The molecule has 1 atom stereocenters. The van der Waals surface area contributed by atoms with Crippen molar-refractivity contribution in [2.45, 2.75) is 39.7 Å². The molecule has 1 saturated heterocycles. The molecule has 18 heavy (non-hydrogen) atoms. The highest BCUT2D eigenvalue weighted by atomic mass is 32.2. The fourth-order valence-corrected chi connectivity index (χ4v) is 2.93. The summed E-state index contributed by atoms with van der Waals surface area (Å²) >= 11 is 1.81. The molecule has 6 heteroatoms. The van der Waals surface area contributed by atoms with Gasteiger partial charge in [0.05, 0.1) is 6.54 Å². The number of rotatable bonds is 5. The quantitative estimate of drug-likeness (QED) is 0.885. The third-order valence-electron chi connectivity index (χ3n) is 2.66. The summed E-state index contributed by atoms with van der Waals surface area (Å²) in [6.07, 6.45) is 1.91. The van der Waals surface area contributed by atoms with Crippen molar-refractivity contribution in [1.82, 2.24) is 15.5 Å². The summed E-state index contributed by atoms with van der Waals surface area (Å²) in [7, 11) is 0. The maximum Gasteiger partial charge on any atom is 0.228 e. The van der Waals surface area contributed by atoms with Crippen LogP contribution in [-0.4, -0.2) is 33.6 Å². The fourth-order valence-electron chi connectivity index (χ4n) is 1.92. The smallest absolute Gasteiger partial charge is 0.228 e. The van der Waals surface area contributed by atoms with Gasteiger partial charge in [0.15, 0.2) is 11.0 Å². The second-order valence-corrected chi connectivity index (χ2v) is 5.96. The van der Waals surface area contributed by atoms with E-state index >= 15 is 0 Å². The number of hydrogen-bond acceptors (Lipinski definition) is 5. The topological polar surface area (TPSA) is 63.3 Å². The monoisotopic (exact) mass is 268 g/mol. The Bertz CT molecular complexity index is 416. The van der Waals surface area contributed by atoms with E-state index in [-0.39, 0.29) is 0 Å². The Labute approximate surface area is 112 Å². The van der Waals surface area contributed by atoms with Crippen molar-refractivity contribution in [1.29, 1.82) is 0 Å². The van der Waals surface area contributed by atoms with E-state index in [0.29, 0.717) is 30.7 Å². The van der Waals surface area contributed by atoms with Crippen LogP contribution in [0.1, 0.15) is 32.0 Å². The van der Waals surface area contributed by atoms with Crippen molar-refractivity contribution in [3.63, 3.8) is 0 Å². The Morgan fingerprint density at radius 2 is 2.39 bits per heavy atom. The zero-order valence-corrected chi connectivity index (χ0v) is 12.0. The predicted molar refractivity (Wildman–Crippen MR) is 73.9 cm³/mol. The third kappa shape index (κ3) is 4.01. The van der Waals surface area contributed by atoms with Crippen LogP contribution < -0.4 is 5.32 Å². The van der Waals surface area contributed by atoms with Crippen LogP contribution in [0.3, 0.4) is 0 Å². The van der Waals surface area contributed by atoms with Crippen molar-refractivity contribution in [2.75, 3.05) is 12.3 Å². The lowest BCUT2D eigenvalue weighted by Crippen LogP contribution is -2.28. The van der Waals surface area contributed by atoms with E-state index in [1.54, 1.807) is 11.8 Å². The van der Waals surface area contributed by atoms with E-state index in [9.17, 15) is 0 Å². The molecular weight excluding hydrogens is 248 g/mol. The molecule has 1 aromatic heterocycles. The lowest BCUT2D eigenvalue weighted by molar-refractivity contribution is 0.376. The molecule has 100 valence electrons. The molecule has 0 aromatic carbocycles. The molecule has 0 bridgehead atoms. The minimum Gasteiger partial charge on any atom is -0.361 e. The van der Waals surface area contributed by atoms with Crippen molar-refractivity contribution in [3.8, 4) is 0 Å². The van der Waals surface area contributed by atoms with Gasteiger partial charge in [0, 0.05) is 18.2 Å². The van der Waals surface area contributed by atoms with Gasteiger partial charge in [-0.3, -0.25) is 4.99 Å². The summed E-state index contributed by atoms with van der Waals surface area (Å²) in [6.45, 7) is 7.02. The normalized spacial score (nSPS) is 21.8. The Hall–Kier alpha value is -1.04. The Morgan fingerprint density at radius 1 is 1.56 bits per heavy atom. The zero-order chi connectivity index (χ0) is 13.0. The molecule has 1 aromatic rings. The standard InChI is InChI=1S/C12H20N4OS/c1-8(2)6-10-7-18-12(15-10)13-5-4-11-14-9(3)16-17-11/h8,10H,4-7H2,1-3H3,(H,13,15). The van der Waals surface area contributed by atoms with E-state index in [0.717, 1.165) is 16.8 Å². The molecule has 5 nitrogen and oxygen atoms in total. The largest absolute Gasteiger partial charge is 0.361 e. The van der Waals surface area contributed by atoms with Crippen LogP contribution >= 0.6 is 11.8 Å². The molecule has 1 N–H and O–H groups in total. The number of nitrogens with zero attached hydrogens (tertiary/aromatic N) is 3. The van der Waals surface area contributed by atoms with Gasteiger partial charge in [0.25, 0.3) is 0 Å². The second kappa shape index (κ2) is 6.22. The molecule has 0 spiro atoms. The summed E-state index contributed by atoms with van der Waals surface area (Å²) in [6, 6.07) is 0.569. The van der Waals surface area contributed by atoms with Crippen LogP contribution in [-0.2, 0) is 6.42 Å². The van der Waals surface area contributed by atoms with Gasteiger partial charge < -0.3 is 9.84 Å². The lowest BCUT2D eigenvalue weighted by Gasteiger charge is -2.11. The summed E-state index contributed by atoms with van der Waals surface area (Å²) < 4.78 is 5.05. The van der Waals surface area contributed by atoms with Crippen LogP contribution in [0.2, 0.25) is 0 Å². The molecular formula is C12H20N4OS. The summed E-state index contributed by atoms with van der Waals surface area (Å²) in [5.74, 6) is 3.20. The van der Waals surface area contributed by atoms with Crippen LogP contribution in [0.5, 0.6) is 0 Å². The van der Waals surface area contributed by atoms with Crippen molar-refractivity contribution in [3.05, 3.63) is 11.7 Å². The maximum atomic E-state index is 5.05. The van der Waals surface area contributed by atoms with Gasteiger partial charge in [-0.1, -0.05) is 30.8 Å². The molecule has 1 fully saturated rings. The van der Waals surface area contributed by atoms with Crippen molar-refractivity contribution in [2.24, 2.45) is 10.9 Å². The fraction of sp³-hybridized carbons (Fsp3) is 0.750. The molecule has 1 aliphatic heterocycles. The number of thioether (sulfide) groups is 1. The van der Waals surface area contributed by atoms with Crippen LogP contribution in [0.25, 0.3) is 0 Å². The highest BCUT2D eigenvalue weighted by molar-refractivity contribution is 8.14. The van der Waals surface area contributed by atoms with Crippen LogP contribution in [0.15, 0.2) is 9.52 Å². The van der Waals surface area contributed by atoms with E-state index in [4.69, 9.17) is 4.52 Å². The third-order valence-corrected chi connectivity index (χ3v) is 3.74. The Balaban J connectivity index is 1.74. The first-order valence-corrected chi connectivity index (χ1v) is 7.35. The molecule has 0 saturated carbocycles. The predicted octanol–water partition coefficient (Wildman–Crippen LogP) is 2.03. The summed E-state index contributed by atoms with van der Waals surface area (Å²) in [5.41, 5.74) is 0. The highest BCUT2D eigenvalue weighted by Gasteiger charge is 2.20. The van der Waals surface area contributed by atoms with E-state index < -0.39 is 0 Å².